The number of nitrogens with zero attached hydrogens (tertiary/aromatic N) is 3. The lowest BCUT2D eigenvalue weighted by atomic mass is 10.1. The van der Waals surface area contributed by atoms with Gasteiger partial charge in [0, 0.05) is 41.4 Å². The fraction of sp³-hybridized carbons (Fsp3) is 0.240. The molecule has 0 aliphatic heterocycles. The number of carboxylic acid groups (broad SMARTS) is 1. The Hall–Kier alpha value is -4.14. The highest BCUT2D eigenvalue weighted by Crippen LogP contribution is 2.31. The van der Waals surface area contributed by atoms with Crippen molar-refractivity contribution in [3.8, 4) is 22.8 Å². The summed E-state index contributed by atoms with van der Waals surface area (Å²) < 4.78 is 27.2. The van der Waals surface area contributed by atoms with Gasteiger partial charge < -0.3 is 24.5 Å². The van der Waals surface area contributed by atoms with E-state index in [4.69, 9.17) is 14.6 Å². The highest BCUT2D eigenvalue weighted by atomic mass is 19.1. The molecule has 8 nitrogen and oxygen atoms in total. The Morgan fingerprint density at radius 3 is 2.62 bits per heavy atom. The molecule has 4 rings (SSSR count). The van der Waals surface area contributed by atoms with Gasteiger partial charge in [0.15, 0.2) is 0 Å². The van der Waals surface area contributed by atoms with E-state index in [0.29, 0.717) is 47.2 Å². The molecule has 0 bridgehead atoms. The van der Waals surface area contributed by atoms with E-state index in [1.807, 2.05) is 17.6 Å². The van der Waals surface area contributed by atoms with Crippen LogP contribution in [0.15, 0.2) is 48.8 Å². The van der Waals surface area contributed by atoms with Gasteiger partial charge in [-0.1, -0.05) is 12.1 Å². The summed E-state index contributed by atoms with van der Waals surface area (Å²) in [6, 6.07) is 12.0. The number of anilines is 1. The largest absolute Gasteiger partial charge is 0.496 e. The third-order valence-corrected chi connectivity index (χ3v) is 5.63. The maximum Gasteiger partial charge on any atom is 0.307 e. The van der Waals surface area contributed by atoms with Crippen molar-refractivity contribution in [2.75, 3.05) is 26.1 Å². The average Bonchev–Trinajstić information content (AvgIpc) is 3.16. The van der Waals surface area contributed by atoms with E-state index < -0.39 is 5.97 Å². The number of benzene rings is 2. The van der Waals surface area contributed by atoms with Crippen LogP contribution < -0.4 is 14.8 Å². The Morgan fingerprint density at radius 1 is 1.09 bits per heavy atom. The zero-order chi connectivity index (χ0) is 24.2. The first kappa shape index (κ1) is 23.0. The number of aromatic nitrogens is 3. The molecule has 0 aliphatic rings. The smallest absolute Gasteiger partial charge is 0.307 e. The maximum absolute atomic E-state index is 14.6. The number of aryl methyl sites for hydroxylation is 1. The van der Waals surface area contributed by atoms with E-state index in [0.717, 1.165) is 16.6 Å². The number of carbonyl (C=O) groups is 1. The molecule has 2 aromatic carbocycles. The van der Waals surface area contributed by atoms with E-state index >= 15 is 0 Å². The predicted molar refractivity (Wildman–Crippen MR) is 127 cm³/mol. The van der Waals surface area contributed by atoms with Gasteiger partial charge in [-0.15, -0.1) is 0 Å². The summed E-state index contributed by atoms with van der Waals surface area (Å²) >= 11 is 0. The molecule has 0 fully saturated rings. The molecule has 0 amide bonds. The second kappa shape index (κ2) is 9.78. The monoisotopic (exact) mass is 464 g/mol. The summed E-state index contributed by atoms with van der Waals surface area (Å²) in [5.41, 5.74) is 3.46. The molecule has 4 aromatic rings. The van der Waals surface area contributed by atoms with Crippen LogP contribution in [0.5, 0.6) is 11.5 Å². The van der Waals surface area contributed by atoms with Crippen LogP contribution in [-0.2, 0) is 17.8 Å². The zero-order valence-electron chi connectivity index (χ0n) is 19.1. The SMILES string of the molecule is COc1cc(-c2cc(NCCn3c(C)cc4c(OC)ccc(F)c43)ncn2)ccc1CC(=O)O. The highest BCUT2D eigenvalue weighted by molar-refractivity contribution is 5.88. The van der Waals surface area contributed by atoms with Crippen molar-refractivity contribution in [3.63, 3.8) is 0 Å². The Labute approximate surface area is 196 Å². The van der Waals surface area contributed by atoms with Crippen LogP contribution in [-0.4, -0.2) is 46.4 Å². The van der Waals surface area contributed by atoms with E-state index in [9.17, 15) is 9.18 Å². The van der Waals surface area contributed by atoms with Gasteiger partial charge in [0.05, 0.1) is 31.9 Å². The minimum absolute atomic E-state index is 0.125. The molecule has 0 saturated heterocycles. The van der Waals surface area contributed by atoms with Gasteiger partial charge in [0.25, 0.3) is 0 Å². The van der Waals surface area contributed by atoms with Crippen LogP contribution in [0.3, 0.4) is 0 Å². The van der Waals surface area contributed by atoms with Gasteiger partial charge in [-0.05, 0) is 31.2 Å². The number of rotatable bonds is 9. The number of nitrogens with one attached hydrogen (secondary N) is 1. The maximum atomic E-state index is 14.6. The highest BCUT2D eigenvalue weighted by Gasteiger charge is 2.14. The summed E-state index contributed by atoms with van der Waals surface area (Å²) in [5.74, 6) is 0.514. The van der Waals surface area contributed by atoms with Crippen LogP contribution in [0, 0.1) is 12.7 Å². The first-order chi connectivity index (χ1) is 16.4. The number of carboxylic acids is 1. The molecule has 0 radical (unpaired) electrons. The van der Waals surface area contributed by atoms with Crippen molar-refractivity contribution in [1.82, 2.24) is 14.5 Å². The van der Waals surface area contributed by atoms with Crippen LogP contribution in [0.4, 0.5) is 10.2 Å². The first-order valence-corrected chi connectivity index (χ1v) is 10.7. The van der Waals surface area contributed by atoms with Crippen molar-refractivity contribution < 1.29 is 23.8 Å². The number of fused-ring (bicyclic) bond motifs is 1. The Bertz CT molecular complexity index is 1350. The van der Waals surface area contributed by atoms with E-state index in [1.54, 1.807) is 37.4 Å². The Morgan fingerprint density at radius 2 is 1.88 bits per heavy atom. The third kappa shape index (κ3) is 4.63. The van der Waals surface area contributed by atoms with Gasteiger partial charge in [0.1, 0.15) is 29.5 Å². The van der Waals surface area contributed by atoms with Crippen LogP contribution in [0.1, 0.15) is 11.3 Å². The van der Waals surface area contributed by atoms with Crippen molar-refractivity contribution in [1.29, 1.82) is 0 Å². The fourth-order valence-electron chi connectivity index (χ4n) is 4.03. The number of ether oxygens (including phenoxy) is 2. The molecular formula is C25H25FN4O4. The van der Waals surface area contributed by atoms with Gasteiger partial charge in [-0.25, -0.2) is 14.4 Å². The standard InChI is InChI=1S/C25H25FN4O4/c1-15-10-18-21(33-2)7-6-19(26)25(18)30(15)9-8-27-23-13-20(28-14-29-23)16-4-5-17(12-24(31)32)22(11-16)34-3/h4-7,10-11,13-14H,8-9,12H2,1-3H3,(H,31,32)(H,27,28,29). The molecule has 2 heterocycles. The Kier molecular flexibility index (Phi) is 6.62. The van der Waals surface area contributed by atoms with Gasteiger partial charge in [-0.2, -0.15) is 0 Å². The van der Waals surface area contributed by atoms with Gasteiger partial charge in [0.2, 0.25) is 0 Å². The molecule has 2 aromatic heterocycles. The minimum Gasteiger partial charge on any atom is -0.496 e. The number of halogens is 1. The molecule has 0 atom stereocenters. The summed E-state index contributed by atoms with van der Waals surface area (Å²) in [4.78, 5) is 19.7. The predicted octanol–water partition coefficient (Wildman–Crippen LogP) is 4.30. The summed E-state index contributed by atoms with van der Waals surface area (Å²) in [7, 11) is 3.08. The van der Waals surface area contributed by atoms with Crippen molar-refractivity contribution in [2.45, 2.75) is 19.9 Å². The van der Waals surface area contributed by atoms with Crippen molar-refractivity contribution in [2.24, 2.45) is 0 Å². The van der Waals surface area contributed by atoms with Crippen molar-refractivity contribution >= 4 is 22.7 Å². The number of hydrogen-bond acceptors (Lipinski definition) is 6. The molecule has 0 saturated carbocycles. The lowest BCUT2D eigenvalue weighted by Crippen LogP contribution is -2.13. The minimum atomic E-state index is -0.927. The number of hydrogen-bond donors (Lipinski definition) is 2. The molecule has 34 heavy (non-hydrogen) atoms. The van der Waals surface area contributed by atoms with E-state index in [1.165, 1.54) is 19.5 Å². The molecule has 2 N–H and O–H groups in total. The average molecular weight is 464 g/mol. The topological polar surface area (TPSA) is 98.5 Å². The molecule has 176 valence electrons. The summed E-state index contributed by atoms with van der Waals surface area (Å²) in [6.45, 7) is 2.97. The second-order valence-electron chi connectivity index (χ2n) is 7.76. The van der Waals surface area contributed by atoms with E-state index in [2.05, 4.69) is 15.3 Å². The van der Waals surface area contributed by atoms with Crippen LogP contribution in [0.2, 0.25) is 0 Å². The fourth-order valence-corrected chi connectivity index (χ4v) is 4.03. The zero-order valence-corrected chi connectivity index (χ0v) is 19.1. The van der Waals surface area contributed by atoms with Gasteiger partial charge in [-0.3, -0.25) is 4.79 Å². The molecular weight excluding hydrogens is 439 g/mol. The van der Waals surface area contributed by atoms with Crippen molar-refractivity contribution in [3.05, 3.63) is 65.9 Å². The second-order valence-corrected chi connectivity index (χ2v) is 7.76. The van der Waals surface area contributed by atoms with E-state index in [-0.39, 0.29) is 12.2 Å². The number of aliphatic carboxylic acids is 1. The molecule has 0 aliphatic carbocycles. The molecule has 0 spiro atoms. The lowest BCUT2D eigenvalue weighted by molar-refractivity contribution is -0.136. The third-order valence-electron chi connectivity index (χ3n) is 5.63. The summed E-state index contributed by atoms with van der Waals surface area (Å²) in [5, 5.41) is 13.1. The number of methoxy groups -OCH3 is 2. The quantitative estimate of drug-likeness (QED) is 0.381. The molecule has 0 unspecified atom stereocenters. The van der Waals surface area contributed by atoms with Crippen LogP contribution >= 0.6 is 0 Å². The molecule has 9 heteroatoms. The normalized spacial score (nSPS) is 10.9. The van der Waals surface area contributed by atoms with Gasteiger partial charge >= 0.3 is 5.97 Å². The summed E-state index contributed by atoms with van der Waals surface area (Å²) in [6.07, 6.45) is 1.33. The Balaban J connectivity index is 1.51. The first-order valence-electron chi connectivity index (χ1n) is 10.7. The lowest BCUT2D eigenvalue weighted by Gasteiger charge is -2.12. The van der Waals surface area contributed by atoms with Crippen LogP contribution in [0.25, 0.3) is 22.2 Å².